The summed E-state index contributed by atoms with van der Waals surface area (Å²) in [6.45, 7) is 1.39. The molecule has 3 heterocycles. The highest BCUT2D eigenvalue weighted by molar-refractivity contribution is 6.04. The highest BCUT2D eigenvalue weighted by atomic mass is 16.4. The molecular formula is C27H25N3O4. The Hall–Kier alpha value is -3.81. The molecular weight excluding hydrogens is 430 g/mol. The first-order valence-electron chi connectivity index (χ1n) is 11.3. The number of para-hydroxylation sites is 1. The monoisotopic (exact) mass is 455 g/mol. The second-order valence-electron chi connectivity index (χ2n) is 8.70. The van der Waals surface area contributed by atoms with Gasteiger partial charge in [-0.1, -0.05) is 42.5 Å². The van der Waals surface area contributed by atoms with Crippen molar-refractivity contribution in [2.75, 3.05) is 13.1 Å². The standard InChI is InChI=1S/C27H25N3O4/c31-25-22-11-5-4-10-21(22)24(26(32)33)23(30(25)20-8-2-1-3-9-20)18-29-15-12-27(34,13-16-29)19-7-6-14-28-17-19/h1-11,14,17,34H,12-13,15-16,18H2,(H,32,33). The zero-order chi connectivity index (χ0) is 23.7. The van der Waals surface area contributed by atoms with Crippen molar-refractivity contribution in [1.82, 2.24) is 14.5 Å². The number of carboxylic acid groups (broad SMARTS) is 1. The molecule has 1 aliphatic rings. The Labute approximate surface area is 196 Å². The summed E-state index contributed by atoms with van der Waals surface area (Å²) in [7, 11) is 0. The van der Waals surface area contributed by atoms with E-state index in [0.717, 1.165) is 5.56 Å². The van der Waals surface area contributed by atoms with Gasteiger partial charge in [-0.15, -0.1) is 0 Å². The Bertz CT molecular complexity index is 1390. The lowest BCUT2D eigenvalue weighted by atomic mass is 9.85. The summed E-state index contributed by atoms with van der Waals surface area (Å²) < 4.78 is 1.52. The van der Waals surface area contributed by atoms with Gasteiger partial charge in [0, 0.05) is 54.1 Å². The first-order valence-corrected chi connectivity index (χ1v) is 11.3. The highest BCUT2D eigenvalue weighted by Crippen LogP contribution is 2.33. The molecule has 7 heteroatoms. The van der Waals surface area contributed by atoms with E-state index in [4.69, 9.17) is 0 Å². The predicted molar refractivity (Wildman–Crippen MR) is 129 cm³/mol. The third-order valence-corrected chi connectivity index (χ3v) is 6.67. The van der Waals surface area contributed by atoms with Gasteiger partial charge in [0.2, 0.25) is 0 Å². The van der Waals surface area contributed by atoms with E-state index in [1.165, 1.54) is 4.57 Å². The van der Waals surface area contributed by atoms with Crippen molar-refractivity contribution < 1.29 is 15.0 Å². The third kappa shape index (κ3) is 3.89. The number of aliphatic hydroxyl groups is 1. The van der Waals surface area contributed by atoms with Gasteiger partial charge in [-0.3, -0.25) is 19.2 Å². The SMILES string of the molecule is O=C(O)c1c(CN2CCC(O)(c3cccnc3)CC2)n(-c2ccccc2)c(=O)c2ccccc12. The smallest absolute Gasteiger partial charge is 0.338 e. The van der Waals surface area contributed by atoms with E-state index < -0.39 is 11.6 Å². The van der Waals surface area contributed by atoms with Crippen LogP contribution in [0, 0.1) is 0 Å². The minimum absolute atomic E-state index is 0.132. The molecule has 2 N–H and O–H groups in total. The quantitative estimate of drug-likeness (QED) is 0.478. The van der Waals surface area contributed by atoms with Crippen LogP contribution in [0.1, 0.15) is 34.5 Å². The maximum Gasteiger partial charge on any atom is 0.338 e. The number of rotatable bonds is 5. The van der Waals surface area contributed by atoms with Crippen LogP contribution in [-0.2, 0) is 12.1 Å². The zero-order valence-electron chi connectivity index (χ0n) is 18.6. The lowest BCUT2D eigenvalue weighted by Crippen LogP contribution is -2.43. The molecule has 2 aromatic heterocycles. The number of fused-ring (bicyclic) bond motifs is 1. The molecule has 0 aliphatic carbocycles. The van der Waals surface area contributed by atoms with Crippen LogP contribution < -0.4 is 5.56 Å². The van der Waals surface area contributed by atoms with Gasteiger partial charge in [-0.05, 0) is 37.1 Å². The summed E-state index contributed by atoms with van der Waals surface area (Å²) in [5.41, 5.74) is 0.766. The number of nitrogens with zero attached hydrogens (tertiary/aromatic N) is 3. The first kappa shape index (κ1) is 22.0. The average molecular weight is 456 g/mol. The van der Waals surface area contributed by atoms with Crippen molar-refractivity contribution >= 4 is 16.7 Å². The van der Waals surface area contributed by atoms with Gasteiger partial charge < -0.3 is 10.2 Å². The number of aromatic nitrogens is 2. The molecule has 1 fully saturated rings. The molecule has 0 atom stereocenters. The number of benzene rings is 2. The molecule has 2 aromatic carbocycles. The van der Waals surface area contributed by atoms with Crippen LogP contribution >= 0.6 is 0 Å². The highest BCUT2D eigenvalue weighted by Gasteiger charge is 2.35. The number of hydrogen-bond donors (Lipinski definition) is 2. The van der Waals surface area contributed by atoms with E-state index in [1.807, 2.05) is 42.5 Å². The Morgan fingerprint density at radius 2 is 1.62 bits per heavy atom. The number of hydrogen-bond acceptors (Lipinski definition) is 5. The summed E-state index contributed by atoms with van der Waals surface area (Å²) in [6.07, 6.45) is 4.35. The van der Waals surface area contributed by atoms with Crippen LogP contribution in [0.4, 0.5) is 0 Å². The Kier molecular flexibility index (Phi) is 5.73. The number of aromatic carboxylic acids is 1. The van der Waals surface area contributed by atoms with Crippen molar-refractivity contribution in [3.05, 3.63) is 106 Å². The summed E-state index contributed by atoms with van der Waals surface area (Å²) in [4.78, 5) is 32.3. The Balaban J connectivity index is 1.58. The second kappa shape index (κ2) is 8.85. The van der Waals surface area contributed by atoms with Crippen LogP contribution in [0.2, 0.25) is 0 Å². The fourth-order valence-electron chi connectivity index (χ4n) is 4.86. The van der Waals surface area contributed by atoms with Gasteiger partial charge in [0.1, 0.15) is 0 Å². The fourth-order valence-corrected chi connectivity index (χ4v) is 4.86. The molecule has 172 valence electrons. The third-order valence-electron chi connectivity index (χ3n) is 6.67. The van der Waals surface area contributed by atoms with E-state index >= 15 is 0 Å². The molecule has 0 spiro atoms. The molecule has 0 amide bonds. The minimum atomic E-state index is -1.07. The van der Waals surface area contributed by atoms with E-state index in [1.54, 1.807) is 36.7 Å². The van der Waals surface area contributed by atoms with Gasteiger partial charge in [-0.2, -0.15) is 0 Å². The second-order valence-corrected chi connectivity index (χ2v) is 8.70. The molecule has 34 heavy (non-hydrogen) atoms. The number of pyridine rings is 2. The van der Waals surface area contributed by atoms with E-state index in [9.17, 15) is 19.8 Å². The molecule has 1 aliphatic heterocycles. The molecule has 7 nitrogen and oxygen atoms in total. The minimum Gasteiger partial charge on any atom is -0.478 e. The van der Waals surface area contributed by atoms with E-state index in [-0.39, 0.29) is 17.7 Å². The summed E-state index contributed by atoms with van der Waals surface area (Å²) in [6, 6.07) is 19.7. The Morgan fingerprint density at radius 1 is 0.941 bits per heavy atom. The molecule has 0 saturated carbocycles. The largest absolute Gasteiger partial charge is 0.478 e. The number of piperidine rings is 1. The van der Waals surface area contributed by atoms with Crippen molar-refractivity contribution in [3.8, 4) is 5.69 Å². The average Bonchev–Trinajstić information content (AvgIpc) is 2.87. The first-order chi connectivity index (χ1) is 16.5. The zero-order valence-corrected chi connectivity index (χ0v) is 18.6. The van der Waals surface area contributed by atoms with Crippen molar-refractivity contribution in [2.24, 2.45) is 0 Å². The topological polar surface area (TPSA) is 95.7 Å². The van der Waals surface area contributed by atoms with Crippen molar-refractivity contribution in [1.29, 1.82) is 0 Å². The number of likely N-dealkylation sites (tertiary alicyclic amines) is 1. The van der Waals surface area contributed by atoms with Crippen molar-refractivity contribution in [2.45, 2.75) is 25.0 Å². The van der Waals surface area contributed by atoms with Gasteiger partial charge >= 0.3 is 5.97 Å². The van der Waals surface area contributed by atoms with Crippen LogP contribution in [0.25, 0.3) is 16.5 Å². The molecule has 0 radical (unpaired) electrons. The lowest BCUT2D eigenvalue weighted by Gasteiger charge is -2.38. The van der Waals surface area contributed by atoms with Crippen LogP contribution in [-0.4, -0.2) is 43.7 Å². The number of carboxylic acids is 1. The molecule has 1 saturated heterocycles. The summed E-state index contributed by atoms with van der Waals surface area (Å²) >= 11 is 0. The predicted octanol–water partition coefficient (Wildman–Crippen LogP) is 3.57. The van der Waals surface area contributed by atoms with Crippen LogP contribution in [0.15, 0.2) is 83.9 Å². The van der Waals surface area contributed by atoms with Crippen LogP contribution in [0.5, 0.6) is 0 Å². The molecule has 0 bridgehead atoms. The Morgan fingerprint density at radius 3 is 2.26 bits per heavy atom. The van der Waals surface area contributed by atoms with Gasteiger partial charge in [0.15, 0.2) is 0 Å². The number of carbonyl (C=O) groups is 1. The molecule has 5 rings (SSSR count). The fraction of sp³-hybridized carbons (Fsp3) is 0.222. The van der Waals surface area contributed by atoms with Crippen LogP contribution in [0.3, 0.4) is 0 Å². The lowest BCUT2D eigenvalue weighted by molar-refractivity contribution is -0.0284. The molecule has 4 aromatic rings. The summed E-state index contributed by atoms with van der Waals surface area (Å²) in [5, 5.41) is 22.2. The van der Waals surface area contributed by atoms with E-state index in [2.05, 4.69) is 9.88 Å². The summed E-state index contributed by atoms with van der Waals surface area (Å²) in [5.74, 6) is -1.07. The van der Waals surface area contributed by atoms with Crippen molar-refractivity contribution in [3.63, 3.8) is 0 Å². The normalized spacial score (nSPS) is 15.9. The maximum absolute atomic E-state index is 13.6. The van der Waals surface area contributed by atoms with E-state index in [0.29, 0.717) is 48.1 Å². The molecule has 0 unspecified atom stereocenters. The maximum atomic E-state index is 13.6. The van der Waals surface area contributed by atoms with Gasteiger partial charge in [0.25, 0.3) is 5.56 Å². The van der Waals surface area contributed by atoms with Gasteiger partial charge in [0.05, 0.1) is 16.9 Å². The van der Waals surface area contributed by atoms with Gasteiger partial charge in [-0.25, -0.2) is 4.79 Å².